The van der Waals surface area contributed by atoms with Crippen molar-refractivity contribution in [2.75, 3.05) is 19.6 Å². The third-order valence-electron chi connectivity index (χ3n) is 5.50. The van der Waals surface area contributed by atoms with Gasteiger partial charge in [0.1, 0.15) is 6.54 Å². The molecule has 0 radical (unpaired) electrons. The molecule has 4 N–H and O–H groups in total. The van der Waals surface area contributed by atoms with Gasteiger partial charge in [0.25, 0.3) is 11.5 Å². The highest BCUT2D eigenvalue weighted by Gasteiger charge is 2.31. The molecule has 3 rings (SSSR count). The van der Waals surface area contributed by atoms with Crippen molar-refractivity contribution in [1.82, 2.24) is 19.8 Å². The van der Waals surface area contributed by atoms with Gasteiger partial charge in [-0.15, -0.1) is 17.0 Å². The Hall–Kier alpha value is -2.14. The number of aromatic nitrogens is 2. The van der Waals surface area contributed by atoms with Crippen molar-refractivity contribution in [2.24, 2.45) is 0 Å². The molecule has 1 aliphatic heterocycles. The van der Waals surface area contributed by atoms with Gasteiger partial charge in [-0.1, -0.05) is 19.3 Å². The highest BCUT2D eigenvalue weighted by Crippen LogP contribution is 2.28. The number of piperidine rings is 1. The predicted molar refractivity (Wildman–Crippen MR) is 110 cm³/mol. The molecular weight excluding hydrogens is 448 g/mol. The first kappa shape index (κ1) is 23.1. The van der Waals surface area contributed by atoms with Crippen LogP contribution < -0.4 is 21.9 Å². The van der Waals surface area contributed by atoms with E-state index in [1.807, 2.05) is 0 Å². The summed E-state index contributed by atoms with van der Waals surface area (Å²) in [7, 11) is 0. The molecule has 29 heavy (non-hydrogen) atoms. The molecule has 1 aliphatic carbocycles. The molecule has 162 valence electrons. The highest BCUT2D eigenvalue weighted by atomic mass is 79.9. The maximum absolute atomic E-state index is 13.2. The van der Waals surface area contributed by atoms with E-state index in [2.05, 4.69) is 10.6 Å². The summed E-state index contributed by atoms with van der Waals surface area (Å²) >= 11 is 0. The van der Waals surface area contributed by atoms with E-state index < -0.39 is 41.1 Å². The van der Waals surface area contributed by atoms with E-state index in [0.29, 0.717) is 25.8 Å². The first-order valence-electron chi connectivity index (χ1n) is 9.72. The Bertz CT molecular complexity index is 868. The maximum Gasteiger partial charge on any atom is 0.334 e. The lowest BCUT2D eigenvalue weighted by Gasteiger charge is -2.29. The first-order chi connectivity index (χ1) is 13.4. The van der Waals surface area contributed by atoms with Gasteiger partial charge in [0.05, 0.1) is 6.04 Å². The molecule has 11 heteroatoms. The zero-order chi connectivity index (χ0) is 20.3. The molecule has 0 spiro atoms. The highest BCUT2D eigenvalue weighted by molar-refractivity contribution is 8.93. The fourth-order valence-corrected chi connectivity index (χ4v) is 4.12. The van der Waals surface area contributed by atoms with Crippen molar-refractivity contribution in [2.45, 2.75) is 57.0 Å². The largest absolute Gasteiger partial charge is 0.494 e. The van der Waals surface area contributed by atoms with E-state index in [0.717, 1.165) is 41.4 Å². The molecule has 2 aliphatic rings. The minimum atomic E-state index is -1.27. The quantitative estimate of drug-likeness (QED) is 0.487. The van der Waals surface area contributed by atoms with Gasteiger partial charge < -0.3 is 20.8 Å². The number of halogens is 1. The van der Waals surface area contributed by atoms with Gasteiger partial charge in [-0.2, -0.15) is 0 Å². The Morgan fingerprint density at radius 3 is 2.28 bits per heavy atom. The Kier molecular flexibility index (Phi) is 8.03. The Labute approximate surface area is 177 Å². The summed E-state index contributed by atoms with van der Waals surface area (Å²) in [5, 5.41) is 24.7. The van der Waals surface area contributed by atoms with Crippen LogP contribution in [0.2, 0.25) is 0 Å². The lowest BCUT2D eigenvalue weighted by Crippen LogP contribution is -2.49. The molecule has 1 aromatic heterocycles. The summed E-state index contributed by atoms with van der Waals surface area (Å²) in [6, 6.07) is -0.717. The van der Waals surface area contributed by atoms with Crippen LogP contribution in [0, 0.1) is 0 Å². The fraction of sp³-hybridized carbons (Fsp3) is 0.667. The van der Waals surface area contributed by atoms with E-state index in [4.69, 9.17) is 5.11 Å². The summed E-state index contributed by atoms with van der Waals surface area (Å²) < 4.78 is 2.21. The minimum Gasteiger partial charge on any atom is -0.494 e. The summed E-state index contributed by atoms with van der Waals surface area (Å²) in [5.41, 5.74) is -2.05. The molecule has 1 amide bonds. The smallest absolute Gasteiger partial charge is 0.334 e. The molecule has 0 aromatic carbocycles. The third kappa shape index (κ3) is 4.89. The molecule has 1 saturated heterocycles. The molecule has 10 nitrogen and oxygen atoms in total. The van der Waals surface area contributed by atoms with Crippen LogP contribution >= 0.6 is 17.0 Å². The second-order valence-corrected chi connectivity index (χ2v) is 7.39. The van der Waals surface area contributed by atoms with Crippen LogP contribution in [0.15, 0.2) is 9.59 Å². The summed E-state index contributed by atoms with van der Waals surface area (Å²) in [4.78, 5) is 49.4. The lowest BCUT2D eigenvalue weighted by molar-refractivity contribution is -0.135. The monoisotopic (exact) mass is 474 g/mol. The van der Waals surface area contributed by atoms with E-state index in [1.165, 1.54) is 0 Å². The number of amides is 1. The second kappa shape index (κ2) is 10.1. The van der Waals surface area contributed by atoms with Gasteiger partial charge in [0, 0.05) is 12.6 Å². The van der Waals surface area contributed by atoms with Crippen LogP contribution in [-0.4, -0.2) is 50.9 Å². The van der Waals surface area contributed by atoms with E-state index in [-0.39, 0.29) is 29.1 Å². The van der Waals surface area contributed by atoms with Crippen molar-refractivity contribution in [1.29, 1.82) is 0 Å². The normalized spacial score (nSPS) is 19.9. The number of carboxylic acid groups (broad SMARTS) is 1. The van der Waals surface area contributed by atoms with Crippen LogP contribution in [0.5, 0.6) is 5.88 Å². The van der Waals surface area contributed by atoms with Crippen LogP contribution in [-0.2, 0) is 4.79 Å². The van der Waals surface area contributed by atoms with Crippen LogP contribution in [0.1, 0.15) is 67.4 Å². The predicted octanol–water partition coefficient (Wildman–Crippen LogP) is 0.538. The summed E-state index contributed by atoms with van der Waals surface area (Å²) in [6.07, 6.45) is 5.50. The number of carboxylic acids is 1. The van der Waals surface area contributed by atoms with Gasteiger partial charge in [-0.05, 0) is 32.2 Å². The minimum absolute atomic E-state index is 0. The number of nitrogens with one attached hydrogen (secondary N) is 2. The molecule has 1 unspecified atom stereocenters. The van der Waals surface area contributed by atoms with E-state index in [9.17, 15) is 24.3 Å². The fourth-order valence-electron chi connectivity index (χ4n) is 4.12. The third-order valence-corrected chi connectivity index (χ3v) is 5.50. The number of hydrogen-bond acceptors (Lipinski definition) is 6. The summed E-state index contributed by atoms with van der Waals surface area (Å²) in [6.45, 7) is 0.540. The van der Waals surface area contributed by atoms with Gasteiger partial charge in [0.2, 0.25) is 5.88 Å². The number of carbonyl (C=O) groups excluding carboxylic acids is 1. The topological polar surface area (TPSA) is 143 Å². The second-order valence-electron chi connectivity index (χ2n) is 7.39. The molecule has 2 heterocycles. The van der Waals surface area contributed by atoms with Crippen LogP contribution in [0.25, 0.3) is 0 Å². The van der Waals surface area contributed by atoms with Crippen molar-refractivity contribution in [3.63, 3.8) is 0 Å². The van der Waals surface area contributed by atoms with Gasteiger partial charge in [-0.25, -0.2) is 4.79 Å². The van der Waals surface area contributed by atoms with E-state index in [1.54, 1.807) is 0 Å². The van der Waals surface area contributed by atoms with Crippen molar-refractivity contribution < 1.29 is 19.8 Å². The Balaban J connectivity index is 0.00000300. The lowest BCUT2D eigenvalue weighted by atomic mass is 9.95. The molecule has 1 atom stereocenters. The number of carbonyl (C=O) groups is 2. The molecular formula is C18H27BrN4O6. The van der Waals surface area contributed by atoms with Gasteiger partial charge >= 0.3 is 11.7 Å². The molecule has 0 bridgehead atoms. The van der Waals surface area contributed by atoms with Crippen LogP contribution in [0.3, 0.4) is 0 Å². The number of hydrogen-bond donors (Lipinski definition) is 4. The van der Waals surface area contributed by atoms with Gasteiger partial charge in [0.15, 0.2) is 5.56 Å². The number of aliphatic carboxylic acids is 1. The molecule has 1 aromatic rings. The SMILES string of the molecule is Br.O=C(O)CNC(=O)c1c(O)n(C2CCCNC2)c(=O)n(C2CCCCC2)c1=O. The standard InChI is InChI=1S/C18H26N4O6.BrH/c23-13(24)10-20-15(25)14-16(26)21(11-5-2-1-3-6-11)18(28)22(17(14)27)12-7-4-8-19-9-12;/h11-12,19,27H,1-10H2,(H,20,25)(H,23,24);1H. The Morgan fingerprint density at radius 2 is 1.69 bits per heavy atom. The maximum atomic E-state index is 13.2. The van der Waals surface area contributed by atoms with Crippen molar-refractivity contribution >= 4 is 28.9 Å². The molecule has 2 fully saturated rings. The van der Waals surface area contributed by atoms with E-state index >= 15 is 0 Å². The van der Waals surface area contributed by atoms with Crippen LogP contribution in [0.4, 0.5) is 0 Å². The first-order valence-corrected chi connectivity index (χ1v) is 9.72. The average molecular weight is 475 g/mol. The average Bonchev–Trinajstić information content (AvgIpc) is 2.68. The number of rotatable bonds is 5. The number of nitrogens with zero attached hydrogens (tertiary/aromatic N) is 2. The zero-order valence-electron chi connectivity index (χ0n) is 16.1. The Morgan fingerprint density at radius 1 is 1.03 bits per heavy atom. The molecule has 1 saturated carbocycles. The van der Waals surface area contributed by atoms with Crippen molar-refractivity contribution in [3.8, 4) is 5.88 Å². The van der Waals surface area contributed by atoms with Crippen molar-refractivity contribution in [3.05, 3.63) is 26.4 Å². The van der Waals surface area contributed by atoms with Gasteiger partial charge in [-0.3, -0.25) is 23.5 Å². The zero-order valence-corrected chi connectivity index (χ0v) is 17.8. The number of aromatic hydroxyl groups is 1. The summed E-state index contributed by atoms with van der Waals surface area (Å²) in [5.74, 6) is -2.96.